The average Bonchev–Trinajstić information content (AvgIpc) is 3.36. The van der Waals surface area contributed by atoms with Crippen molar-refractivity contribution in [3.8, 4) is 11.5 Å². The second-order valence-electron chi connectivity index (χ2n) is 8.38. The topological polar surface area (TPSA) is 93.1 Å². The minimum absolute atomic E-state index is 0.00499. The van der Waals surface area contributed by atoms with Gasteiger partial charge in [-0.15, -0.1) is 0 Å². The zero-order chi connectivity index (χ0) is 24.2. The highest BCUT2D eigenvalue weighted by atomic mass is 16.6. The van der Waals surface area contributed by atoms with Crippen LogP contribution >= 0.6 is 0 Å². The number of benzene rings is 2. The van der Waals surface area contributed by atoms with Crippen LogP contribution in [-0.2, 0) is 11.3 Å². The first-order valence-electron chi connectivity index (χ1n) is 11.6. The van der Waals surface area contributed by atoms with Crippen LogP contribution in [0.4, 0.5) is 5.69 Å². The lowest BCUT2D eigenvalue weighted by Crippen LogP contribution is -2.51. The van der Waals surface area contributed by atoms with Crippen LogP contribution < -0.4 is 14.8 Å². The number of hydrogen-bond acceptors (Lipinski definition) is 5. The second kappa shape index (κ2) is 9.92. The first-order chi connectivity index (χ1) is 17.1. The molecule has 0 unspecified atom stereocenters. The van der Waals surface area contributed by atoms with Crippen molar-refractivity contribution in [1.82, 2.24) is 14.4 Å². The van der Waals surface area contributed by atoms with Crippen LogP contribution in [0.15, 0.2) is 66.9 Å². The fraction of sp³-hybridized carbons (Fsp3) is 0.269. The number of fused-ring (bicyclic) bond motifs is 1. The van der Waals surface area contributed by atoms with E-state index in [1.807, 2.05) is 18.2 Å². The molecule has 2 aliphatic rings. The lowest BCUT2D eigenvalue weighted by atomic mass is 10.2. The Kier molecular flexibility index (Phi) is 6.38. The number of nitrogens with zero attached hydrogens (tertiary/aromatic N) is 3. The number of amides is 3. The highest BCUT2D eigenvalue weighted by Crippen LogP contribution is 2.32. The molecule has 9 nitrogen and oxygen atoms in total. The normalized spacial score (nSPS) is 15.0. The van der Waals surface area contributed by atoms with Gasteiger partial charge in [-0.05, 0) is 36.4 Å². The summed E-state index contributed by atoms with van der Waals surface area (Å²) < 4.78 is 12.7. The summed E-state index contributed by atoms with van der Waals surface area (Å²) in [6, 6.07) is 17.8. The van der Waals surface area contributed by atoms with Gasteiger partial charge in [-0.1, -0.05) is 18.2 Å². The summed E-state index contributed by atoms with van der Waals surface area (Å²) in [4.78, 5) is 42.0. The van der Waals surface area contributed by atoms with Gasteiger partial charge in [-0.3, -0.25) is 14.4 Å². The highest BCUT2D eigenvalue weighted by molar-refractivity contribution is 5.96. The molecule has 1 aromatic heterocycles. The Morgan fingerprint density at radius 3 is 2.20 bits per heavy atom. The lowest BCUT2D eigenvalue weighted by Gasteiger charge is -2.35. The number of carbonyl (C=O) groups is 3. The van der Waals surface area contributed by atoms with E-state index in [9.17, 15) is 14.4 Å². The van der Waals surface area contributed by atoms with Crippen molar-refractivity contribution in [1.29, 1.82) is 0 Å². The summed E-state index contributed by atoms with van der Waals surface area (Å²) in [7, 11) is 0. The number of nitrogens with one attached hydrogen (secondary N) is 1. The molecule has 5 rings (SSSR count). The fourth-order valence-electron chi connectivity index (χ4n) is 4.26. The van der Waals surface area contributed by atoms with E-state index in [0.29, 0.717) is 67.8 Å². The van der Waals surface area contributed by atoms with Crippen LogP contribution in [0.25, 0.3) is 0 Å². The van der Waals surface area contributed by atoms with Crippen molar-refractivity contribution in [2.75, 3.05) is 44.7 Å². The maximum Gasteiger partial charge on any atom is 0.270 e. The molecule has 1 saturated heterocycles. The van der Waals surface area contributed by atoms with Crippen LogP contribution in [0.3, 0.4) is 0 Å². The van der Waals surface area contributed by atoms with E-state index in [2.05, 4.69) is 5.32 Å². The molecule has 3 amide bonds. The van der Waals surface area contributed by atoms with Crippen molar-refractivity contribution in [3.63, 3.8) is 0 Å². The third-order valence-electron chi connectivity index (χ3n) is 6.06. The van der Waals surface area contributed by atoms with E-state index in [-0.39, 0.29) is 24.3 Å². The number of piperazine rings is 1. The molecule has 0 saturated carbocycles. The third-order valence-corrected chi connectivity index (χ3v) is 6.06. The smallest absolute Gasteiger partial charge is 0.270 e. The van der Waals surface area contributed by atoms with Gasteiger partial charge in [0.05, 0.1) is 0 Å². The Labute approximate surface area is 202 Å². The molecule has 35 heavy (non-hydrogen) atoms. The Balaban J connectivity index is 1.18. The molecule has 9 heteroatoms. The third kappa shape index (κ3) is 4.98. The van der Waals surface area contributed by atoms with Crippen LogP contribution in [0.1, 0.15) is 20.8 Å². The summed E-state index contributed by atoms with van der Waals surface area (Å²) in [6.07, 6.45) is 1.71. The maximum absolute atomic E-state index is 13.2. The van der Waals surface area contributed by atoms with Crippen LogP contribution in [0.2, 0.25) is 0 Å². The number of anilines is 1. The predicted octanol–water partition coefficient (Wildman–Crippen LogP) is 2.50. The fourth-order valence-corrected chi connectivity index (χ4v) is 4.26. The summed E-state index contributed by atoms with van der Waals surface area (Å²) in [6.45, 7) is 2.76. The SMILES string of the molecule is O=C(Cn1cccc1C(=O)N1CCN(C(=O)c2ccccc2)CC1)Nc1ccc2c(c1)OCCO2. The molecule has 2 aliphatic heterocycles. The molecule has 3 heterocycles. The predicted molar refractivity (Wildman–Crippen MR) is 129 cm³/mol. The molecule has 180 valence electrons. The van der Waals surface area contributed by atoms with Crippen LogP contribution in [0.5, 0.6) is 11.5 Å². The molecule has 0 bridgehead atoms. The van der Waals surface area contributed by atoms with Crippen molar-refractivity contribution >= 4 is 23.4 Å². The largest absolute Gasteiger partial charge is 0.486 e. The second-order valence-corrected chi connectivity index (χ2v) is 8.38. The Hall–Kier alpha value is -4.27. The van der Waals surface area contributed by atoms with Gasteiger partial charge in [-0.25, -0.2) is 0 Å². The van der Waals surface area contributed by atoms with Gasteiger partial charge >= 0.3 is 0 Å². The number of rotatable bonds is 5. The number of hydrogen-bond donors (Lipinski definition) is 1. The zero-order valence-corrected chi connectivity index (χ0v) is 19.2. The van der Waals surface area contributed by atoms with Crippen LogP contribution in [-0.4, -0.2) is 71.5 Å². The average molecular weight is 475 g/mol. The monoisotopic (exact) mass is 474 g/mol. The molecule has 0 atom stereocenters. The van der Waals surface area contributed by atoms with Gasteiger partial charge in [0.25, 0.3) is 11.8 Å². The minimum atomic E-state index is -0.259. The van der Waals surface area contributed by atoms with Crippen molar-refractivity contribution in [2.45, 2.75) is 6.54 Å². The van der Waals surface area contributed by atoms with Gasteiger partial charge in [0.15, 0.2) is 11.5 Å². The minimum Gasteiger partial charge on any atom is -0.486 e. The molecule has 1 fully saturated rings. The number of aromatic nitrogens is 1. The van der Waals surface area contributed by atoms with Gasteiger partial charge in [0, 0.05) is 49.7 Å². The van der Waals surface area contributed by atoms with Crippen LogP contribution in [0, 0.1) is 0 Å². The molecular weight excluding hydrogens is 448 g/mol. The molecule has 0 radical (unpaired) electrons. The standard InChI is InChI=1S/C26H26N4O5/c31-24(27-20-8-9-22-23(17-20)35-16-15-34-22)18-30-10-4-7-21(30)26(33)29-13-11-28(12-14-29)25(32)19-5-2-1-3-6-19/h1-10,17H,11-16,18H2,(H,27,31). The lowest BCUT2D eigenvalue weighted by molar-refractivity contribution is -0.116. The first kappa shape index (κ1) is 22.5. The summed E-state index contributed by atoms with van der Waals surface area (Å²) in [5, 5.41) is 2.85. The molecule has 0 spiro atoms. The quantitative estimate of drug-likeness (QED) is 0.613. The van der Waals surface area contributed by atoms with Crippen molar-refractivity contribution in [2.24, 2.45) is 0 Å². The molecular formula is C26H26N4O5. The molecule has 0 aliphatic carbocycles. The zero-order valence-electron chi connectivity index (χ0n) is 19.2. The van der Waals surface area contributed by atoms with Crippen molar-refractivity contribution < 1.29 is 23.9 Å². The van der Waals surface area contributed by atoms with E-state index in [1.165, 1.54) is 0 Å². The Morgan fingerprint density at radius 2 is 1.46 bits per heavy atom. The first-order valence-corrected chi connectivity index (χ1v) is 11.6. The van der Waals surface area contributed by atoms with Crippen molar-refractivity contribution in [3.05, 3.63) is 78.1 Å². The van der Waals surface area contributed by atoms with E-state index >= 15 is 0 Å². The van der Waals surface area contributed by atoms with E-state index in [1.54, 1.807) is 63.0 Å². The molecule has 3 aromatic rings. The highest BCUT2D eigenvalue weighted by Gasteiger charge is 2.27. The van der Waals surface area contributed by atoms with Gasteiger partial charge in [-0.2, -0.15) is 0 Å². The summed E-state index contributed by atoms with van der Waals surface area (Å²) >= 11 is 0. The Morgan fingerprint density at radius 1 is 0.771 bits per heavy atom. The summed E-state index contributed by atoms with van der Waals surface area (Å²) in [5.74, 6) is 0.796. The Bertz CT molecular complexity index is 1230. The number of ether oxygens (including phenoxy) is 2. The summed E-state index contributed by atoms with van der Waals surface area (Å²) in [5.41, 5.74) is 1.67. The van der Waals surface area contributed by atoms with Gasteiger partial charge in [0.2, 0.25) is 5.91 Å². The van der Waals surface area contributed by atoms with E-state index in [0.717, 1.165) is 0 Å². The van der Waals surface area contributed by atoms with E-state index in [4.69, 9.17) is 9.47 Å². The van der Waals surface area contributed by atoms with Gasteiger partial charge < -0.3 is 29.2 Å². The molecule has 2 aromatic carbocycles. The molecule has 1 N–H and O–H groups in total. The number of carbonyl (C=O) groups excluding carboxylic acids is 3. The maximum atomic E-state index is 13.2. The van der Waals surface area contributed by atoms with Gasteiger partial charge in [0.1, 0.15) is 25.5 Å². The van der Waals surface area contributed by atoms with E-state index < -0.39 is 0 Å².